The van der Waals surface area contributed by atoms with Gasteiger partial charge in [-0.3, -0.25) is 4.79 Å². The van der Waals surface area contributed by atoms with Gasteiger partial charge in [0.15, 0.2) is 3.79 Å². The number of hydrogen-bond donors (Lipinski definition) is 1. The van der Waals surface area contributed by atoms with Crippen LogP contribution in [0.2, 0.25) is 0 Å². The van der Waals surface area contributed by atoms with E-state index >= 15 is 0 Å². The lowest BCUT2D eigenvalue weighted by Crippen LogP contribution is -2.23. The Morgan fingerprint density at radius 3 is 1.75 bits per heavy atom. The topological polar surface area (TPSA) is 29.1 Å². The number of carbonyl (C=O) groups excluding carboxylic acids is 1. The molecule has 0 fully saturated rings. The van der Waals surface area contributed by atoms with Crippen molar-refractivity contribution in [3.8, 4) is 0 Å². The summed E-state index contributed by atoms with van der Waals surface area (Å²) in [6.45, 7) is 1.39. The lowest BCUT2D eigenvalue weighted by molar-refractivity contribution is -0.143. The summed E-state index contributed by atoms with van der Waals surface area (Å²) in [6.07, 6.45) is -10.4. The normalized spacial score (nSPS) is 14.4. The van der Waals surface area contributed by atoms with Gasteiger partial charge in [-0.1, -0.05) is 41.7 Å². The minimum atomic E-state index is -5.01. The van der Waals surface area contributed by atoms with Crippen molar-refractivity contribution in [2.45, 2.75) is 29.5 Å². The summed E-state index contributed by atoms with van der Waals surface area (Å²) in [7, 11) is 0. The Morgan fingerprint density at radius 2 is 1.42 bits per heavy atom. The predicted molar refractivity (Wildman–Crippen MR) is 79.1 cm³/mol. The number of alkyl halides is 9. The first-order valence-electron chi connectivity index (χ1n) is 6.26. The summed E-state index contributed by atoms with van der Waals surface area (Å²) in [5.74, 6) is -1.70. The van der Waals surface area contributed by atoms with Gasteiger partial charge in [0.1, 0.15) is 0 Å². The molecule has 0 radical (unpaired) electrons. The first-order valence-corrected chi connectivity index (χ1v) is 7.40. The van der Waals surface area contributed by atoms with Gasteiger partial charge < -0.3 is 5.32 Å². The van der Waals surface area contributed by atoms with E-state index in [1.807, 2.05) is 5.32 Å². The number of amides is 1. The van der Waals surface area contributed by atoms with Crippen molar-refractivity contribution in [1.29, 1.82) is 0 Å². The lowest BCUT2D eigenvalue weighted by atomic mass is 10.1. The molecule has 1 atom stereocenters. The van der Waals surface area contributed by atoms with Crippen LogP contribution in [0.15, 0.2) is 18.2 Å². The Kier molecular flexibility index (Phi) is 6.33. The van der Waals surface area contributed by atoms with Crippen molar-refractivity contribution in [1.82, 2.24) is 0 Å². The summed E-state index contributed by atoms with van der Waals surface area (Å²) in [5, 5.41) is 1.96. The van der Waals surface area contributed by atoms with Crippen LogP contribution in [0.3, 0.4) is 0 Å². The number of carbonyl (C=O) groups is 1. The molecule has 1 unspecified atom stereocenters. The highest BCUT2D eigenvalue weighted by Crippen LogP contribution is 2.38. The predicted octanol–water partition coefficient (Wildman–Crippen LogP) is 6.06. The third-order valence-electron chi connectivity index (χ3n) is 2.92. The fraction of sp³-hybridized carbons (Fsp3) is 0.462. The SMILES string of the molecule is CC(CC(=O)Nc1cc(C(F)(F)F)cc(C(F)(F)F)c1)C(Cl)(Cl)Cl. The maximum atomic E-state index is 12.7. The minimum Gasteiger partial charge on any atom is -0.326 e. The van der Waals surface area contributed by atoms with E-state index in [-0.39, 0.29) is 6.07 Å². The Labute approximate surface area is 148 Å². The molecule has 1 N–H and O–H groups in total. The number of nitrogens with one attached hydrogen (secondary N) is 1. The van der Waals surface area contributed by atoms with E-state index < -0.39 is 51.2 Å². The van der Waals surface area contributed by atoms with Gasteiger partial charge in [0.05, 0.1) is 11.1 Å². The quantitative estimate of drug-likeness (QED) is 0.471. The summed E-state index contributed by atoms with van der Waals surface area (Å²) in [6, 6.07) is 0.750. The van der Waals surface area contributed by atoms with Crippen molar-refractivity contribution in [3.05, 3.63) is 29.3 Å². The largest absolute Gasteiger partial charge is 0.416 e. The minimum absolute atomic E-state index is 0.0421. The van der Waals surface area contributed by atoms with E-state index in [2.05, 4.69) is 0 Å². The van der Waals surface area contributed by atoms with E-state index in [0.29, 0.717) is 12.1 Å². The smallest absolute Gasteiger partial charge is 0.326 e. The van der Waals surface area contributed by atoms with Crippen molar-refractivity contribution < 1.29 is 31.1 Å². The molecule has 0 saturated carbocycles. The average molecular weight is 417 g/mol. The van der Waals surface area contributed by atoms with E-state index in [9.17, 15) is 31.1 Å². The molecular formula is C13H10Cl3F6NO. The van der Waals surface area contributed by atoms with Gasteiger partial charge in [-0.05, 0) is 18.2 Å². The molecule has 24 heavy (non-hydrogen) atoms. The van der Waals surface area contributed by atoms with Crippen LogP contribution in [-0.2, 0) is 17.1 Å². The van der Waals surface area contributed by atoms with Gasteiger partial charge in [-0.2, -0.15) is 26.3 Å². The molecule has 1 rings (SSSR count). The second-order valence-electron chi connectivity index (χ2n) is 4.99. The third-order valence-corrected chi connectivity index (χ3v) is 4.04. The molecule has 0 saturated heterocycles. The Bertz CT molecular complexity index is 577. The monoisotopic (exact) mass is 415 g/mol. The molecule has 0 bridgehead atoms. The summed E-state index contributed by atoms with van der Waals surface area (Å²) in [4.78, 5) is 11.7. The highest BCUT2D eigenvalue weighted by atomic mass is 35.6. The Hall–Kier alpha value is -0.860. The molecule has 11 heteroatoms. The first-order chi connectivity index (χ1) is 10.6. The fourth-order valence-electron chi connectivity index (χ4n) is 1.63. The van der Waals surface area contributed by atoms with Crippen LogP contribution >= 0.6 is 34.8 Å². The molecule has 1 amide bonds. The lowest BCUT2D eigenvalue weighted by Gasteiger charge is -2.20. The molecule has 2 nitrogen and oxygen atoms in total. The molecule has 0 aromatic heterocycles. The zero-order valence-electron chi connectivity index (χ0n) is 11.8. The molecule has 136 valence electrons. The van der Waals surface area contributed by atoms with Crippen LogP contribution in [0.5, 0.6) is 0 Å². The van der Waals surface area contributed by atoms with Gasteiger partial charge in [0.25, 0.3) is 0 Å². The maximum absolute atomic E-state index is 12.7. The van der Waals surface area contributed by atoms with Gasteiger partial charge >= 0.3 is 12.4 Å². The standard InChI is InChI=1S/C13H10Cl3F6NO/c1-6(11(14,15)16)2-10(24)23-9-4-7(12(17,18)19)3-8(5-9)13(20,21)22/h3-6H,2H2,1H3,(H,23,24). The molecular weight excluding hydrogens is 406 g/mol. The molecule has 0 spiro atoms. The second kappa shape index (κ2) is 7.17. The number of anilines is 1. The van der Waals surface area contributed by atoms with Crippen molar-refractivity contribution in [2.24, 2.45) is 5.92 Å². The van der Waals surface area contributed by atoms with E-state index in [1.54, 1.807) is 0 Å². The number of hydrogen-bond acceptors (Lipinski definition) is 1. The molecule has 1 aromatic rings. The maximum Gasteiger partial charge on any atom is 0.416 e. The molecule has 1 aromatic carbocycles. The summed E-state index contributed by atoms with van der Waals surface area (Å²) in [5.41, 5.74) is -3.73. The van der Waals surface area contributed by atoms with Crippen LogP contribution in [0.25, 0.3) is 0 Å². The van der Waals surface area contributed by atoms with Crippen molar-refractivity contribution in [2.75, 3.05) is 5.32 Å². The highest BCUT2D eigenvalue weighted by molar-refractivity contribution is 6.67. The molecule has 0 heterocycles. The number of halogens is 9. The van der Waals surface area contributed by atoms with Gasteiger partial charge in [-0.25, -0.2) is 0 Å². The van der Waals surface area contributed by atoms with Crippen molar-refractivity contribution >= 4 is 46.4 Å². The van der Waals surface area contributed by atoms with E-state index in [0.717, 1.165) is 0 Å². The highest BCUT2D eigenvalue weighted by Gasteiger charge is 2.37. The van der Waals surface area contributed by atoms with E-state index in [4.69, 9.17) is 34.8 Å². The van der Waals surface area contributed by atoms with Crippen LogP contribution in [0.1, 0.15) is 24.5 Å². The molecule has 0 aliphatic heterocycles. The molecule has 0 aliphatic rings. The molecule has 0 aliphatic carbocycles. The summed E-state index contributed by atoms with van der Waals surface area (Å²) >= 11 is 16.7. The zero-order valence-corrected chi connectivity index (χ0v) is 14.1. The van der Waals surface area contributed by atoms with Gasteiger partial charge in [0.2, 0.25) is 5.91 Å². The van der Waals surface area contributed by atoms with Crippen LogP contribution in [-0.4, -0.2) is 9.70 Å². The van der Waals surface area contributed by atoms with Crippen molar-refractivity contribution in [3.63, 3.8) is 0 Å². The number of rotatable bonds is 3. The second-order valence-corrected chi connectivity index (χ2v) is 7.36. The summed E-state index contributed by atoms with van der Waals surface area (Å²) < 4.78 is 74.4. The van der Waals surface area contributed by atoms with Crippen LogP contribution < -0.4 is 5.32 Å². The number of benzene rings is 1. The van der Waals surface area contributed by atoms with Gasteiger partial charge in [0, 0.05) is 18.0 Å². The van der Waals surface area contributed by atoms with Gasteiger partial charge in [-0.15, -0.1) is 0 Å². The average Bonchev–Trinajstić information content (AvgIpc) is 2.34. The Morgan fingerprint density at radius 1 is 1.00 bits per heavy atom. The first kappa shape index (κ1) is 21.2. The third kappa shape index (κ3) is 6.22. The van der Waals surface area contributed by atoms with Crippen LogP contribution in [0, 0.1) is 5.92 Å². The zero-order chi connectivity index (χ0) is 18.9. The Balaban J connectivity index is 3.09. The fourth-order valence-corrected chi connectivity index (χ4v) is 1.86. The van der Waals surface area contributed by atoms with Crippen LogP contribution in [0.4, 0.5) is 32.0 Å². The van der Waals surface area contributed by atoms with E-state index in [1.165, 1.54) is 6.92 Å².